The second kappa shape index (κ2) is 9.71. The molecule has 0 radical (unpaired) electrons. The van der Waals surface area contributed by atoms with Crippen molar-refractivity contribution in [2.45, 2.75) is 19.8 Å². The molecule has 1 saturated heterocycles. The molecule has 2 aromatic rings. The summed E-state index contributed by atoms with van der Waals surface area (Å²) in [6, 6.07) is 5.19. The second-order valence-corrected chi connectivity index (χ2v) is 7.89. The summed E-state index contributed by atoms with van der Waals surface area (Å²) >= 11 is 2.52. The van der Waals surface area contributed by atoms with Crippen LogP contribution in [0, 0.1) is 5.41 Å². The van der Waals surface area contributed by atoms with Gasteiger partial charge in [0.15, 0.2) is 23.9 Å². The first-order valence-electron chi connectivity index (χ1n) is 9.00. The van der Waals surface area contributed by atoms with Crippen LogP contribution in [0.5, 0.6) is 11.5 Å². The fourth-order valence-corrected chi connectivity index (χ4v) is 4.49. The molecule has 9 heteroatoms. The van der Waals surface area contributed by atoms with Crippen molar-refractivity contribution in [3.8, 4) is 11.5 Å². The minimum atomic E-state index is -0.621. The Morgan fingerprint density at radius 3 is 2.76 bits per heavy atom. The molecule has 152 valence electrons. The molecule has 0 saturated carbocycles. The SMILES string of the molecule is CCOC(=O)COc1ccc(C=C2SC(=N)C(c3nccs3)C2=O)cc1OCC. The molecule has 1 aliphatic heterocycles. The number of hydrogen-bond donors (Lipinski definition) is 1. The van der Waals surface area contributed by atoms with Gasteiger partial charge in [-0.15, -0.1) is 11.3 Å². The fraction of sp³-hybridized carbons (Fsp3) is 0.300. The molecule has 0 bridgehead atoms. The zero-order valence-corrected chi connectivity index (χ0v) is 17.6. The van der Waals surface area contributed by atoms with Gasteiger partial charge >= 0.3 is 5.97 Å². The zero-order chi connectivity index (χ0) is 20.8. The third kappa shape index (κ3) is 5.04. The molecule has 1 aromatic heterocycles. The Balaban J connectivity index is 1.80. The monoisotopic (exact) mass is 432 g/mol. The Hall–Kier alpha value is -2.65. The number of Topliss-reactive ketones (excluding diaryl/α,β-unsaturated/α-hetero) is 1. The highest BCUT2D eigenvalue weighted by Crippen LogP contribution is 2.41. The lowest BCUT2D eigenvalue weighted by molar-refractivity contribution is -0.145. The molecule has 1 aromatic carbocycles. The maximum absolute atomic E-state index is 12.8. The van der Waals surface area contributed by atoms with Gasteiger partial charge in [0.2, 0.25) is 0 Å². The Labute approximate surface area is 176 Å². The minimum Gasteiger partial charge on any atom is -0.490 e. The summed E-state index contributed by atoms with van der Waals surface area (Å²) in [5.41, 5.74) is 0.736. The summed E-state index contributed by atoms with van der Waals surface area (Å²) in [5.74, 6) is -0.324. The Bertz CT molecular complexity index is 940. The number of thiazole rings is 1. The Morgan fingerprint density at radius 2 is 2.07 bits per heavy atom. The van der Waals surface area contributed by atoms with Crippen LogP contribution in [0.3, 0.4) is 0 Å². The van der Waals surface area contributed by atoms with E-state index < -0.39 is 11.9 Å². The van der Waals surface area contributed by atoms with Crippen molar-refractivity contribution in [2.24, 2.45) is 0 Å². The van der Waals surface area contributed by atoms with Crippen molar-refractivity contribution in [1.29, 1.82) is 5.41 Å². The molecule has 0 spiro atoms. The van der Waals surface area contributed by atoms with Crippen molar-refractivity contribution in [3.63, 3.8) is 0 Å². The molecule has 1 atom stereocenters. The summed E-state index contributed by atoms with van der Waals surface area (Å²) in [5, 5.41) is 10.9. The molecule has 0 aliphatic carbocycles. The third-order valence-electron chi connectivity index (χ3n) is 3.90. The molecule has 29 heavy (non-hydrogen) atoms. The molecule has 1 fully saturated rings. The lowest BCUT2D eigenvalue weighted by atomic mass is 10.0. The highest BCUT2D eigenvalue weighted by molar-refractivity contribution is 8.19. The molecule has 1 N–H and O–H groups in total. The van der Waals surface area contributed by atoms with E-state index in [2.05, 4.69) is 4.98 Å². The fourth-order valence-electron chi connectivity index (χ4n) is 2.68. The number of aromatic nitrogens is 1. The standard InChI is InChI=1S/C20H20N2O5S2/c1-3-25-14-9-12(5-6-13(14)27-11-16(23)26-4-2)10-15-18(24)17(19(21)29-15)20-22-7-8-28-20/h5-10,17,21H,3-4,11H2,1-2H3. The van der Waals surface area contributed by atoms with Crippen molar-refractivity contribution in [2.75, 3.05) is 19.8 Å². The van der Waals surface area contributed by atoms with E-state index in [0.717, 1.165) is 17.3 Å². The van der Waals surface area contributed by atoms with E-state index in [1.54, 1.807) is 42.8 Å². The quantitative estimate of drug-likeness (QED) is 0.499. The average Bonchev–Trinajstić information content (AvgIpc) is 3.30. The van der Waals surface area contributed by atoms with Gasteiger partial charge in [0.05, 0.1) is 23.2 Å². The van der Waals surface area contributed by atoms with Crippen molar-refractivity contribution >= 4 is 46.0 Å². The number of esters is 1. The topological polar surface area (TPSA) is 98.6 Å². The lowest BCUT2D eigenvalue weighted by Gasteiger charge is -2.12. The summed E-state index contributed by atoms with van der Waals surface area (Å²) in [4.78, 5) is 28.9. The van der Waals surface area contributed by atoms with Gasteiger partial charge in [0, 0.05) is 11.6 Å². The van der Waals surface area contributed by atoms with Gasteiger partial charge in [-0.2, -0.15) is 0 Å². The number of ether oxygens (including phenoxy) is 3. The van der Waals surface area contributed by atoms with Gasteiger partial charge in [-0.25, -0.2) is 9.78 Å². The summed E-state index contributed by atoms with van der Waals surface area (Å²) in [6.07, 6.45) is 3.36. The number of rotatable bonds is 8. The van der Waals surface area contributed by atoms with Crippen molar-refractivity contribution in [1.82, 2.24) is 4.98 Å². The number of carbonyl (C=O) groups is 2. The predicted molar refractivity (Wildman–Crippen MR) is 113 cm³/mol. The number of nitrogens with zero attached hydrogens (tertiary/aromatic N) is 1. The van der Waals surface area contributed by atoms with Crippen LogP contribution in [-0.2, 0) is 14.3 Å². The summed E-state index contributed by atoms with van der Waals surface area (Å²) in [6.45, 7) is 4.06. The molecule has 3 rings (SSSR count). The molecular formula is C20H20N2O5S2. The van der Waals surface area contributed by atoms with Gasteiger partial charge in [-0.05, 0) is 37.6 Å². The molecule has 7 nitrogen and oxygen atoms in total. The first-order valence-corrected chi connectivity index (χ1v) is 10.7. The minimum absolute atomic E-state index is 0.129. The number of hydrogen-bond acceptors (Lipinski definition) is 9. The smallest absolute Gasteiger partial charge is 0.344 e. The van der Waals surface area contributed by atoms with Gasteiger partial charge in [-0.1, -0.05) is 17.8 Å². The molecule has 2 heterocycles. The number of ketones is 1. The van der Waals surface area contributed by atoms with Crippen LogP contribution in [0.1, 0.15) is 30.3 Å². The number of allylic oxidation sites excluding steroid dienone is 1. The predicted octanol–water partition coefficient (Wildman–Crippen LogP) is 3.90. The summed E-state index contributed by atoms with van der Waals surface area (Å²) in [7, 11) is 0. The normalized spacial score (nSPS) is 17.6. The lowest BCUT2D eigenvalue weighted by Crippen LogP contribution is -2.15. The van der Waals surface area contributed by atoms with Crippen molar-refractivity contribution in [3.05, 3.63) is 45.3 Å². The maximum atomic E-state index is 12.8. The van der Waals surface area contributed by atoms with E-state index in [1.165, 1.54) is 11.3 Å². The number of nitrogens with one attached hydrogen (secondary N) is 1. The van der Waals surface area contributed by atoms with Crippen molar-refractivity contribution < 1.29 is 23.8 Å². The van der Waals surface area contributed by atoms with Crippen LogP contribution in [0.4, 0.5) is 0 Å². The molecular weight excluding hydrogens is 412 g/mol. The maximum Gasteiger partial charge on any atom is 0.344 e. The van der Waals surface area contributed by atoms with Gasteiger partial charge in [-0.3, -0.25) is 10.2 Å². The van der Waals surface area contributed by atoms with E-state index in [0.29, 0.717) is 28.0 Å². The number of carbonyl (C=O) groups excluding carboxylic acids is 2. The molecule has 0 amide bonds. The van der Waals surface area contributed by atoms with Gasteiger partial charge in [0.1, 0.15) is 10.9 Å². The molecule has 1 unspecified atom stereocenters. The number of thioether (sulfide) groups is 1. The average molecular weight is 433 g/mol. The first-order chi connectivity index (χ1) is 14.0. The highest BCUT2D eigenvalue weighted by Gasteiger charge is 2.38. The highest BCUT2D eigenvalue weighted by atomic mass is 32.2. The third-order valence-corrected chi connectivity index (χ3v) is 5.74. The zero-order valence-electron chi connectivity index (χ0n) is 16.0. The van der Waals surface area contributed by atoms with Crippen LogP contribution in [-0.4, -0.2) is 41.6 Å². The van der Waals surface area contributed by atoms with E-state index in [4.69, 9.17) is 19.6 Å². The van der Waals surface area contributed by atoms with Crippen LogP contribution in [0.2, 0.25) is 0 Å². The Kier molecular flexibility index (Phi) is 7.05. The first kappa shape index (κ1) is 21.1. The summed E-state index contributed by atoms with van der Waals surface area (Å²) < 4.78 is 16.0. The van der Waals surface area contributed by atoms with Crippen LogP contribution >= 0.6 is 23.1 Å². The largest absolute Gasteiger partial charge is 0.490 e. The van der Waals surface area contributed by atoms with E-state index >= 15 is 0 Å². The molecule has 1 aliphatic rings. The number of benzene rings is 1. The van der Waals surface area contributed by atoms with Crippen LogP contribution in [0.15, 0.2) is 34.7 Å². The van der Waals surface area contributed by atoms with Crippen LogP contribution < -0.4 is 9.47 Å². The van der Waals surface area contributed by atoms with E-state index in [9.17, 15) is 9.59 Å². The van der Waals surface area contributed by atoms with E-state index in [1.807, 2.05) is 6.92 Å². The van der Waals surface area contributed by atoms with E-state index in [-0.39, 0.29) is 24.0 Å². The van der Waals surface area contributed by atoms with Gasteiger partial charge in [0.25, 0.3) is 0 Å². The second-order valence-electron chi connectivity index (χ2n) is 5.88. The van der Waals surface area contributed by atoms with Gasteiger partial charge < -0.3 is 14.2 Å². The van der Waals surface area contributed by atoms with Crippen LogP contribution in [0.25, 0.3) is 6.08 Å². The Morgan fingerprint density at radius 1 is 1.24 bits per heavy atom.